The summed E-state index contributed by atoms with van der Waals surface area (Å²) in [5.41, 5.74) is 0.915. The summed E-state index contributed by atoms with van der Waals surface area (Å²) in [6, 6.07) is 9.11. The highest BCUT2D eigenvalue weighted by molar-refractivity contribution is 6.74. The van der Waals surface area contributed by atoms with Gasteiger partial charge in [0, 0.05) is 6.54 Å². The van der Waals surface area contributed by atoms with Crippen molar-refractivity contribution in [2.45, 2.75) is 77.4 Å². The van der Waals surface area contributed by atoms with Gasteiger partial charge in [-0.2, -0.15) is 0 Å². The van der Waals surface area contributed by atoms with Crippen LogP contribution in [0.2, 0.25) is 18.1 Å². The fourth-order valence-electron chi connectivity index (χ4n) is 3.77. The number of likely N-dealkylation sites (tertiary alicyclic amines) is 1. The fourth-order valence-corrected chi connectivity index (χ4v) is 5.13. The zero-order valence-electron chi connectivity index (χ0n) is 20.4. The molecule has 3 unspecified atom stereocenters. The lowest BCUT2D eigenvalue weighted by Crippen LogP contribution is -2.52. The Labute approximate surface area is 194 Å². The lowest BCUT2D eigenvalue weighted by Gasteiger charge is -2.41. The SMILES string of the molecule is C=CCC(C(=O)OCC)C1C(O[Si](C)(C)C(C)(C)C)CCN1C(=O)OCc1ccccc1. The summed E-state index contributed by atoms with van der Waals surface area (Å²) in [6.07, 6.45) is 2.08. The number of rotatable bonds is 9. The van der Waals surface area contributed by atoms with Gasteiger partial charge >= 0.3 is 12.1 Å². The molecule has 0 aromatic heterocycles. The van der Waals surface area contributed by atoms with Gasteiger partial charge in [-0.15, -0.1) is 6.58 Å². The molecule has 3 atom stereocenters. The van der Waals surface area contributed by atoms with E-state index in [-0.39, 0.29) is 30.3 Å². The van der Waals surface area contributed by atoms with Crippen molar-refractivity contribution in [2.24, 2.45) is 5.92 Å². The van der Waals surface area contributed by atoms with Crippen LogP contribution in [-0.4, -0.2) is 50.6 Å². The monoisotopic (exact) mass is 461 g/mol. The summed E-state index contributed by atoms with van der Waals surface area (Å²) in [4.78, 5) is 27.6. The second-order valence-corrected chi connectivity index (χ2v) is 14.6. The van der Waals surface area contributed by atoms with Crippen LogP contribution in [0.25, 0.3) is 0 Å². The van der Waals surface area contributed by atoms with Gasteiger partial charge < -0.3 is 18.8 Å². The largest absolute Gasteiger partial charge is 0.466 e. The van der Waals surface area contributed by atoms with E-state index in [1.165, 1.54) is 0 Å². The maximum Gasteiger partial charge on any atom is 0.410 e. The van der Waals surface area contributed by atoms with Crippen molar-refractivity contribution in [2.75, 3.05) is 13.2 Å². The predicted molar refractivity (Wildman–Crippen MR) is 129 cm³/mol. The fraction of sp³-hybridized carbons (Fsp3) is 0.600. The number of hydrogen-bond acceptors (Lipinski definition) is 5. The van der Waals surface area contributed by atoms with Crippen molar-refractivity contribution in [1.29, 1.82) is 0 Å². The van der Waals surface area contributed by atoms with Crippen molar-refractivity contribution in [1.82, 2.24) is 4.90 Å². The quantitative estimate of drug-likeness (QED) is 0.274. The number of carbonyl (C=O) groups excluding carboxylic acids is 2. The van der Waals surface area contributed by atoms with E-state index in [1.807, 2.05) is 30.3 Å². The Morgan fingerprint density at radius 1 is 1.22 bits per heavy atom. The molecule has 2 rings (SSSR count). The van der Waals surface area contributed by atoms with Crippen molar-refractivity contribution < 1.29 is 23.5 Å². The third kappa shape index (κ3) is 6.45. The van der Waals surface area contributed by atoms with Gasteiger partial charge in [0.15, 0.2) is 8.32 Å². The van der Waals surface area contributed by atoms with E-state index in [0.717, 1.165) is 5.56 Å². The minimum absolute atomic E-state index is 0.0106. The first-order valence-corrected chi connectivity index (χ1v) is 14.3. The third-order valence-electron chi connectivity index (χ3n) is 6.51. The summed E-state index contributed by atoms with van der Waals surface area (Å²) in [6.45, 7) is 17.5. The van der Waals surface area contributed by atoms with Gasteiger partial charge in [0.05, 0.1) is 24.7 Å². The summed E-state index contributed by atoms with van der Waals surface area (Å²) >= 11 is 0. The molecule has 6 nitrogen and oxygen atoms in total. The minimum atomic E-state index is -2.13. The highest BCUT2D eigenvalue weighted by atomic mass is 28.4. The molecular formula is C25H39NO5Si. The molecule has 1 heterocycles. The standard InChI is InChI=1S/C25H39NO5Si/c1-8-13-20(23(27)29-9-2)22-21(31-32(6,7)25(3,4)5)16-17-26(22)24(28)30-18-19-14-11-10-12-15-19/h8,10-12,14-15,20-22H,1,9,13,16-18H2,2-7H3. The van der Waals surface area contributed by atoms with E-state index in [1.54, 1.807) is 17.9 Å². The van der Waals surface area contributed by atoms with Gasteiger partial charge in [0.2, 0.25) is 0 Å². The van der Waals surface area contributed by atoms with Crippen LogP contribution in [0.3, 0.4) is 0 Å². The Balaban J connectivity index is 2.29. The zero-order chi connectivity index (χ0) is 23.9. The molecule has 7 heteroatoms. The number of hydrogen-bond donors (Lipinski definition) is 0. The van der Waals surface area contributed by atoms with Crippen LogP contribution >= 0.6 is 0 Å². The average Bonchev–Trinajstić information content (AvgIpc) is 3.12. The molecule has 0 radical (unpaired) electrons. The van der Waals surface area contributed by atoms with Gasteiger partial charge in [0.1, 0.15) is 6.61 Å². The Kier molecular flexibility index (Phi) is 9.10. The molecule has 1 aliphatic rings. The highest BCUT2D eigenvalue weighted by Gasteiger charge is 2.49. The number of benzene rings is 1. The Hall–Kier alpha value is -2.12. The van der Waals surface area contributed by atoms with Crippen LogP contribution < -0.4 is 0 Å². The Bertz CT molecular complexity index is 774. The normalized spacial score (nSPS) is 20.0. The smallest absolute Gasteiger partial charge is 0.410 e. The number of esters is 1. The van der Waals surface area contributed by atoms with Crippen LogP contribution in [0, 0.1) is 5.92 Å². The first-order valence-electron chi connectivity index (χ1n) is 11.4. The van der Waals surface area contributed by atoms with Crippen LogP contribution in [0.4, 0.5) is 4.79 Å². The minimum Gasteiger partial charge on any atom is -0.466 e. The second kappa shape index (κ2) is 11.1. The van der Waals surface area contributed by atoms with Crippen LogP contribution in [0.15, 0.2) is 43.0 Å². The number of nitrogens with zero attached hydrogens (tertiary/aromatic N) is 1. The summed E-state index contributed by atoms with van der Waals surface area (Å²) in [5, 5.41) is 0.0106. The molecule has 1 saturated heterocycles. The summed E-state index contributed by atoms with van der Waals surface area (Å²) in [5.74, 6) is -0.877. The number of ether oxygens (including phenoxy) is 2. The van der Waals surface area contributed by atoms with Gasteiger partial charge in [-0.1, -0.05) is 57.2 Å². The maximum absolute atomic E-state index is 13.1. The molecule has 0 N–H and O–H groups in total. The second-order valence-electron chi connectivity index (χ2n) is 9.81. The maximum atomic E-state index is 13.1. The summed E-state index contributed by atoms with van der Waals surface area (Å²) < 4.78 is 17.7. The van der Waals surface area contributed by atoms with Crippen LogP contribution in [0.1, 0.15) is 46.1 Å². The Morgan fingerprint density at radius 3 is 2.44 bits per heavy atom. The lowest BCUT2D eigenvalue weighted by molar-refractivity contribution is -0.151. The van der Waals surface area contributed by atoms with Crippen LogP contribution in [-0.2, 0) is 25.3 Å². The van der Waals surface area contributed by atoms with Gasteiger partial charge in [-0.3, -0.25) is 4.79 Å². The molecule has 32 heavy (non-hydrogen) atoms. The third-order valence-corrected chi connectivity index (χ3v) is 11.0. The van der Waals surface area contributed by atoms with Gasteiger partial charge in [0.25, 0.3) is 0 Å². The first kappa shape index (κ1) is 26.1. The van der Waals surface area contributed by atoms with Gasteiger partial charge in [-0.25, -0.2) is 4.79 Å². The lowest BCUT2D eigenvalue weighted by atomic mass is 9.92. The van der Waals surface area contributed by atoms with E-state index >= 15 is 0 Å². The molecule has 0 saturated carbocycles. The predicted octanol–water partition coefficient (Wildman–Crippen LogP) is 5.54. The average molecular weight is 462 g/mol. The molecule has 0 spiro atoms. The molecule has 178 valence electrons. The van der Waals surface area contributed by atoms with E-state index in [2.05, 4.69) is 40.4 Å². The number of allylic oxidation sites excluding steroid dienone is 1. The number of carbonyl (C=O) groups is 2. The zero-order valence-corrected chi connectivity index (χ0v) is 21.4. The molecule has 1 amide bonds. The Morgan fingerprint density at radius 2 is 1.88 bits per heavy atom. The molecule has 0 aliphatic carbocycles. The van der Waals surface area contributed by atoms with Crippen molar-refractivity contribution in [3.05, 3.63) is 48.6 Å². The highest BCUT2D eigenvalue weighted by Crippen LogP contribution is 2.41. The first-order chi connectivity index (χ1) is 15.0. The topological polar surface area (TPSA) is 65.1 Å². The number of amides is 1. The van der Waals surface area contributed by atoms with E-state index in [4.69, 9.17) is 13.9 Å². The van der Waals surface area contributed by atoms with E-state index in [0.29, 0.717) is 19.4 Å². The molecule has 1 aromatic carbocycles. The van der Waals surface area contributed by atoms with E-state index in [9.17, 15) is 9.59 Å². The van der Waals surface area contributed by atoms with Crippen molar-refractivity contribution in [3.8, 4) is 0 Å². The van der Waals surface area contributed by atoms with Crippen molar-refractivity contribution >= 4 is 20.4 Å². The molecule has 1 fully saturated rings. The molecule has 1 aromatic rings. The van der Waals surface area contributed by atoms with Gasteiger partial charge in [-0.05, 0) is 43.5 Å². The summed E-state index contributed by atoms with van der Waals surface area (Å²) in [7, 11) is -2.13. The molecule has 1 aliphatic heterocycles. The molecular weight excluding hydrogens is 422 g/mol. The molecule has 0 bridgehead atoms. The van der Waals surface area contributed by atoms with Crippen molar-refractivity contribution in [3.63, 3.8) is 0 Å². The van der Waals surface area contributed by atoms with Crippen LogP contribution in [0.5, 0.6) is 0 Å². The van der Waals surface area contributed by atoms with E-state index < -0.39 is 26.4 Å².